The summed E-state index contributed by atoms with van der Waals surface area (Å²) in [5.74, 6) is 1.34. The number of ether oxygens (including phenoxy) is 1. The van der Waals surface area contributed by atoms with Gasteiger partial charge in [-0.1, -0.05) is 36.9 Å². The largest absolute Gasteiger partial charge is 0.498 e. The van der Waals surface area contributed by atoms with Gasteiger partial charge in [0.05, 0.1) is 12.4 Å². The Hall–Kier alpha value is -1.24. The molecule has 0 saturated carbocycles. The summed E-state index contributed by atoms with van der Waals surface area (Å²) in [5.41, 5.74) is 1.32. The molecule has 0 radical (unpaired) electrons. The molecule has 1 heteroatoms. The first-order chi connectivity index (χ1) is 5.88. The molecule has 0 spiro atoms. The molecule has 1 unspecified atom stereocenters. The summed E-state index contributed by atoms with van der Waals surface area (Å²) < 4.78 is 5.33. The molecule has 0 aliphatic carbocycles. The zero-order chi connectivity index (χ0) is 8.39. The Morgan fingerprint density at radius 2 is 2.00 bits per heavy atom. The summed E-state index contributed by atoms with van der Waals surface area (Å²) in [6.45, 7) is 4.71. The van der Waals surface area contributed by atoms with E-state index in [-0.39, 0.29) is 0 Å². The van der Waals surface area contributed by atoms with E-state index in [9.17, 15) is 0 Å². The first-order valence-corrected chi connectivity index (χ1v) is 4.24. The molecular weight excluding hydrogens is 148 g/mol. The van der Waals surface area contributed by atoms with Crippen LogP contribution in [0.3, 0.4) is 0 Å². The number of rotatable bonds is 1. The average Bonchev–Trinajstić information content (AvgIpc) is 2.53. The lowest BCUT2D eigenvalue weighted by atomic mass is 9.97. The van der Waals surface area contributed by atoms with Crippen molar-refractivity contribution in [1.29, 1.82) is 0 Å². The molecule has 0 N–H and O–H groups in total. The molecule has 0 bridgehead atoms. The van der Waals surface area contributed by atoms with Gasteiger partial charge in [-0.2, -0.15) is 0 Å². The van der Waals surface area contributed by atoms with Gasteiger partial charge in [0, 0.05) is 5.92 Å². The minimum atomic E-state index is 0.422. The topological polar surface area (TPSA) is 9.23 Å². The highest BCUT2D eigenvalue weighted by Crippen LogP contribution is 2.32. The standard InChI is InChI=1S/C11H12O/c1-9-11(7-8-12-9)10-5-3-2-4-6-10/h2-6,11H,1,7-8H2. The summed E-state index contributed by atoms with van der Waals surface area (Å²) in [6.07, 6.45) is 1.07. The van der Waals surface area contributed by atoms with Gasteiger partial charge >= 0.3 is 0 Å². The maximum atomic E-state index is 5.33. The van der Waals surface area contributed by atoms with Crippen LogP contribution in [0.4, 0.5) is 0 Å². The minimum absolute atomic E-state index is 0.422. The van der Waals surface area contributed by atoms with Gasteiger partial charge in [-0.15, -0.1) is 0 Å². The van der Waals surface area contributed by atoms with E-state index in [1.54, 1.807) is 0 Å². The van der Waals surface area contributed by atoms with Crippen molar-refractivity contribution in [2.24, 2.45) is 0 Å². The number of benzene rings is 1. The Balaban J connectivity index is 2.25. The Morgan fingerprint density at radius 3 is 2.58 bits per heavy atom. The van der Waals surface area contributed by atoms with Crippen LogP contribution in [0, 0.1) is 0 Å². The molecule has 0 amide bonds. The van der Waals surface area contributed by atoms with E-state index in [0.29, 0.717) is 5.92 Å². The molecule has 1 nitrogen and oxygen atoms in total. The monoisotopic (exact) mass is 160 g/mol. The van der Waals surface area contributed by atoms with Crippen LogP contribution in [-0.2, 0) is 4.74 Å². The van der Waals surface area contributed by atoms with Gasteiger partial charge in [-0.05, 0) is 12.0 Å². The Bertz CT molecular complexity index is 276. The molecule has 1 aliphatic rings. The third kappa shape index (κ3) is 1.22. The molecule has 1 atom stereocenters. The summed E-state index contributed by atoms with van der Waals surface area (Å²) in [5, 5.41) is 0. The van der Waals surface area contributed by atoms with Crippen LogP contribution in [0.5, 0.6) is 0 Å². The first kappa shape index (κ1) is 7.41. The van der Waals surface area contributed by atoms with E-state index in [1.807, 2.05) is 6.07 Å². The van der Waals surface area contributed by atoms with Crippen LogP contribution in [0.25, 0.3) is 0 Å². The van der Waals surface area contributed by atoms with Crippen LogP contribution < -0.4 is 0 Å². The van der Waals surface area contributed by atoms with Crippen LogP contribution in [0.15, 0.2) is 42.7 Å². The lowest BCUT2D eigenvalue weighted by molar-refractivity contribution is 0.263. The zero-order valence-corrected chi connectivity index (χ0v) is 6.99. The van der Waals surface area contributed by atoms with Gasteiger partial charge in [-0.25, -0.2) is 0 Å². The maximum absolute atomic E-state index is 5.33. The molecule has 1 aromatic rings. The van der Waals surface area contributed by atoms with Gasteiger partial charge in [-0.3, -0.25) is 0 Å². The second-order valence-electron chi connectivity index (χ2n) is 3.07. The van der Waals surface area contributed by atoms with E-state index < -0.39 is 0 Å². The third-order valence-corrected chi connectivity index (χ3v) is 2.28. The summed E-state index contributed by atoms with van der Waals surface area (Å²) in [7, 11) is 0. The Morgan fingerprint density at radius 1 is 1.25 bits per heavy atom. The molecule has 12 heavy (non-hydrogen) atoms. The predicted octanol–water partition coefficient (Wildman–Crippen LogP) is 2.70. The van der Waals surface area contributed by atoms with E-state index >= 15 is 0 Å². The fraction of sp³-hybridized carbons (Fsp3) is 0.273. The van der Waals surface area contributed by atoms with Gasteiger partial charge in [0.2, 0.25) is 0 Å². The molecule has 1 aromatic carbocycles. The van der Waals surface area contributed by atoms with Crippen molar-refractivity contribution in [3.63, 3.8) is 0 Å². The minimum Gasteiger partial charge on any atom is -0.498 e. The molecule has 1 heterocycles. The van der Waals surface area contributed by atoms with Gasteiger partial charge < -0.3 is 4.74 Å². The number of allylic oxidation sites excluding steroid dienone is 1. The number of hydrogen-bond donors (Lipinski definition) is 0. The first-order valence-electron chi connectivity index (χ1n) is 4.24. The van der Waals surface area contributed by atoms with Gasteiger partial charge in [0.1, 0.15) is 0 Å². The van der Waals surface area contributed by atoms with Crippen molar-refractivity contribution in [2.45, 2.75) is 12.3 Å². The van der Waals surface area contributed by atoms with Crippen LogP contribution in [0.1, 0.15) is 17.9 Å². The van der Waals surface area contributed by atoms with Crippen molar-refractivity contribution in [3.8, 4) is 0 Å². The molecule has 2 rings (SSSR count). The van der Waals surface area contributed by atoms with E-state index in [0.717, 1.165) is 18.8 Å². The second kappa shape index (κ2) is 3.02. The van der Waals surface area contributed by atoms with Crippen LogP contribution in [0.2, 0.25) is 0 Å². The lowest BCUT2D eigenvalue weighted by Crippen LogP contribution is -1.93. The highest BCUT2D eigenvalue weighted by atomic mass is 16.5. The predicted molar refractivity (Wildman–Crippen MR) is 48.9 cm³/mol. The molecule has 1 saturated heterocycles. The normalized spacial score (nSPS) is 22.3. The van der Waals surface area contributed by atoms with Gasteiger partial charge in [0.25, 0.3) is 0 Å². The SMILES string of the molecule is C=C1OCCC1c1ccccc1. The zero-order valence-electron chi connectivity index (χ0n) is 6.99. The average molecular weight is 160 g/mol. The quantitative estimate of drug-likeness (QED) is 0.613. The molecule has 62 valence electrons. The van der Waals surface area contributed by atoms with E-state index in [4.69, 9.17) is 4.74 Å². The van der Waals surface area contributed by atoms with Gasteiger partial charge in [0.15, 0.2) is 0 Å². The Labute approximate surface area is 72.7 Å². The maximum Gasteiger partial charge on any atom is 0.0964 e. The van der Waals surface area contributed by atoms with Crippen molar-refractivity contribution >= 4 is 0 Å². The third-order valence-electron chi connectivity index (χ3n) is 2.28. The fourth-order valence-corrected chi connectivity index (χ4v) is 1.61. The van der Waals surface area contributed by atoms with Crippen molar-refractivity contribution in [2.75, 3.05) is 6.61 Å². The second-order valence-corrected chi connectivity index (χ2v) is 3.07. The highest BCUT2D eigenvalue weighted by Gasteiger charge is 2.21. The highest BCUT2D eigenvalue weighted by molar-refractivity contribution is 5.26. The molecule has 1 aliphatic heterocycles. The lowest BCUT2D eigenvalue weighted by Gasteiger charge is -2.07. The Kier molecular flexibility index (Phi) is 1.86. The summed E-state index contributed by atoms with van der Waals surface area (Å²) in [6, 6.07) is 10.4. The summed E-state index contributed by atoms with van der Waals surface area (Å²) >= 11 is 0. The van der Waals surface area contributed by atoms with E-state index in [2.05, 4.69) is 30.8 Å². The molecule has 0 aromatic heterocycles. The fourth-order valence-electron chi connectivity index (χ4n) is 1.61. The smallest absolute Gasteiger partial charge is 0.0964 e. The van der Waals surface area contributed by atoms with Crippen molar-refractivity contribution in [1.82, 2.24) is 0 Å². The van der Waals surface area contributed by atoms with Crippen molar-refractivity contribution < 1.29 is 4.74 Å². The number of hydrogen-bond acceptors (Lipinski definition) is 1. The van der Waals surface area contributed by atoms with E-state index in [1.165, 1.54) is 5.56 Å². The molecule has 1 fully saturated rings. The van der Waals surface area contributed by atoms with Crippen molar-refractivity contribution in [3.05, 3.63) is 48.2 Å². The summed E-state index contributed by atoms with van der Waals surface area (Å²) in [4.78, 5) is 0. The van der Waals surface area contributed by atoms with Crippen LogP contribution in [-0.4, -0.2) is 6.61 Å². The van der Waals surface area contributed by atoms with Crippen LogP contribution >= 0.6 is 0 Å². The molecular formula is C11H12O.